The lowest BCUT2D eigenvalue weighted by Crippen LogP contribution is -2.41. The van der Waals surface area contributed by atoms with E-state index in [1.165, 1.54) is 12.8 Å². The van der Waals surface area contributed by atoms with Crippen LogP contribution in [0.25, 0.3) is 0 Å². The van der Waals surface area contributed by atoms with Crippen LogP contribution in [0, 0.1) is 11.8 Å². The van der Waals surface area contributed by atoms with E-state index in [0.717, 1.165) is 18.9 Å². The van der Waals surface area contributed by atoms with Crippen molar-refractivity contribution in [3.63, 3.8) is 0 Å². The van der Waals surface area contributed by atoms with Crippen molar-refractivity contribution < 1.29 is 4.79 Å². The zero-order valence-electron chi connectivity index (χ0n) is 10.9. The van der Waals surface area contributed by atoms with Crippen LogP contribution in [0.2, 0.25) is 0 Å². The molecule has 1 rings (SSSR count). The van der Waals surface area contributed by atoms with E-state index >= 15 is 0 Å². The number of alkyl halides is 1. The molecule has 0 spiro atoms. The predicted molar refractivity (Wildman–Crippen MR) is 76.8 cm³/mol. The van der Waals surface area contributed by atoms with E-state index in [4.69, 9.17) is 0 Å². The topological polar surface area (TPSA) is 20.3 Å². The maximum absolute atomic E-state index is 12.3. The fourth-order valence-corrected chi connectivity index (χ4v) is 3.22. The second-order valence-electron chi connectivity index (χ2n) is 5.14. The highest BCUT2D eigenvalue weighted by atomic mass is 127. The molecule has 0 aromatic rings. The van der Waals surface area contributed by atoms with Gasteiger partial charge in [-0.3, -0.25) is 4.79 Å². The summed E-state index contributed by atoms with van der Waals surface area (Å²) in [6.45, 7) is 9.72. The van der Waals surface area contributed by atoms with Crippen LogP contribution in [0.15, 0.2) is 0 Å². The standard InChI is InChI=1S/C13H24INO/c1-5-9(3)12(14)13(16)15-8-11(6-2)7-10(15)4/h9-12H,5-8H2,1-4H3/t9?,10-,11?,12?/m1/s1. The van der Waals surface area contributed by atoms with Crippen LogP contribution in [0.1, 0.15) is 47.0 Å². The van der Waals surface area contributed by atoms with Gasteiger partial charge in [0.2, 0.25) is 5.91 Å². The largest absolute Gasteiger partial charge is 0.339 e. The molecule has 3 heteroatoms. The Morgan fingerprint density at radius 2 is 2.12 bits per heavy atom. The molecular formula is C13H24INO. The highest BCUT2D eigenvalue weighted by molar-refractivity contribution is 14.1. The summed E-state index contributed by atoms with van der Waals surface area (Å²) < 4.78 is 0.153. The summed E-state index contributed by atoms with van der Waals surface area (Å²) in [5.41, 5.74) is 0. The lowest BCUT2D eigenvalue weighted by molar-refractivity contribution is -0.131. The molecule has 1 fully saturated rings. The molecule has 0 aliphatic carbocycles. The minimum absolute atomic E-state index is 0.153. The van der Waals surface area contributed by atoms with Crippen LogP contribution in [0.3, 0.4) is 0 Å². The Labute approximate surface area is 113 Å². The van der Waals surface area contributed by atoms with Gasteiger partial charge in [0.1, 0.15) is 0 Å². The van der Waals surface area contributed by atoms with Gasteiger partial charge in [-0.05, 0) is 25.2 Å². The Morgan fingerprint density at radius 3 is 2.56 bits per heavy atom. The van der Waals surface area contributed by atoms with E-state index < -0.39 is 0 Å². The van der Waals surface area contributed by atoms with E-state index in [9.17, 15) is 4.79 Å². The van der Waals surface area contributed by atoms with E-state index in [-0.39, 0.29) is 3.92 Å². The van der Waals surface area contributed by atoms with E-state index in [2.05, 4.69) is 55.2 Å². The van der Waals surface area contributed by atoms with E-state index in [0.29, 0.717) is 17.9 Å². The second-order valence-corrected chi connectivity index (χ2v) is 6.48. The summed E-state index contributed by atoms with van der Waals surface area (Å²) in [7, 11) is 0. The Hall–Kier alpha value is 0.200. The normalized spacial score (nSPS) is 29.2. The molecule has 0 saturated carbocycles. The maximum Gasteiger partial charge on any atom is 0.236 e. The Morgan fingerprint density at radius 1 is 1.50 bits per heavy atom. The summed E-state index contributed by atoms with van der Waals surface area (Å²) in [6, 6.07) is 0.443. The van der Waals surface area contributed by atoms with Crippen LogP contribution in [-0.4, -0.2) is 27.3 Å². The first kappa shape index (κ1) is 14.3. The first-order valence-corrected chi connectivity index (χ1v) is 7.70. The van der Waals surface area contributed by atoms with Crippen LogP contribution < -0.4 is 0 Å². The smallest absolute Gasteiger partial charge is 0.236 e. The zero-order chi connectivity index (χ0) is 12.3. The first-order chi connectivity index (χ1) is 7.51. The molecule has 16 heavy (non-hydrogen) atoms. The van der Waals surface area contributed by atoms with Crippen LogP contribution in [0.4, 0.5) is 0 Å². The van der Waals surface area contributed by atoms with Crippen molar-refractivity contribution in [2.24, 2.45) is 11.8 Å². The number of hydrogen-bond donors (Lipinski definition) is 0. The van der Waals surface area contributed by atoms with Crippen LogP contribution in [-0.2, 0) is 4.79 Å². The number of carbonyl (C=O) groups excluding carboxylic acids is 1. The van der Waals surface area contributed by atoms with E-state index in [1.54, 1.807) is 0 Å². The van der Waals surface area contributed by atoms with Crippen molar-refractivity contribution in [2.45, 2.75) is 56.9 Å². The zero-order valence-corrected chi connectivity index (χ0v) is 13.0. The lowest BCUT2D eigenvalue weighted by Gasteiger charge is -2.26. The van der Waals surface area contributed by atoms with Crippen LogP contribution in [0.5, 0.6) is 0 Å². The molecule has 1 aliphatic rings. The number of amides is 1. The number of carbonyl (C=O) groups is 1. The second kappa shape index (κ2) is 6.22. The number of likely N-dealkylation sites (tertiary alicyclic amines) is 1. The lowest BCUT2D eigenvalue weighted by atomic mass is 10.0. The average molecular weight is 337 g/mol. The fraction of sp³-hybridized carbons (Fsp3) is 0.923. The van der Waals surface area contributed by atoms with Crippen molar-refractivity contribution in [3.8, 4) is 0 Å². The third-order valence-corrected chi connectivity index (χ3v) is 5.66. The quantitative estimate of drug-likeness (QED) is 0.568. The van der Waals surface area contributed by atoms with Gasteiger partial charge in [-0.25, -0.2) is 0 Å². The van der Waals surface area contributed by atoms with Gasteiger partial charge in [0.05, 0.1) is 3.92 Å². The van der Waals surface area contributed by atoms with Crippen LogP contribution >= 0.6 is 22.6 Å². The number of halogens is 1. The molecule has 0 aromatic heterocycles. The first-order valence-electron chi connectivity index (χ1n) is 6.45. The van der Waals surface area contributed by atoms with Gasteiger partial charge in [0.15, 0.2) is 0 Å². The minimum atomic E-state index is 0.153. The third kappa shape index (κ3) is 3.11. The Kier molecular flexibility index (Phi) is 5.54. The molecule has 0 radical (unpaired) electrons. The Balaban J connectivity index is 2.60. The highest BCUT2D eigenvalue weighted by Crippen LogP contribution is 2.29. The number of hydrogen-bond acceptors (Lipinski definition) is 1. The van der Waals surface area contributed by atoms with Gasteiger partial charge < -0.3 is 4.90 Å². The minimum Gasteiger partial charge on any atom is -0.339 e. The highest BCUT2D eigenvalue weighted by Gasteiger charge is 2.35. The van der Waals surface area contributed by atoms with Gasteiger partial charge >= 0.3 is 0 Å². The molecule has 3 unspecified atom stereocenters. The molecule has 1 heterocycles. The molecule has 2 nitrogen and oxygen atoms in total. The molecule has 0 bridgehead atoms. The van der Waals surface area contributed by atoms with Gasteiger partial charge in [-0.15, -0.1) is 0 Å². The predicted octanol–water partition coefficient (Wildman–Crippen LogP) is 3.48. The molecule has 4 atom stereocenters. The summed E-state index contributed by atoms with van der Waals surface area (Å²) >= 11 is 2.32. The van der Waals surface area contributed by atoms with Crippen molar-refractivity contribution in [1.82, 2.24) is 4.90 Å². The van der Waals surface area contributed by atoms with Gasteiger partial charge in [-0.1, -0.05) is 56.2 Å². The molecular weight excluding hydrogens is 313 g/mol. The summed E-state index contributed by atoms with van der Waals surface area (Å²) in [5, 5.41) is 0. The van der Waals surface area contributed by atoms with Crippen molar-refractivity contribution in [1.29, 1.82) is 0 Å². The molecule has 94 valence electrons. The van der Waals surface area contributed by atoms with Gasteiger partial charge in [-0.2, -0.15) is 0 Å². The van der Waals surface area contributed by atoms with E-state index in [1.807, 2.05) is 0 Å². The summed E-state index contributed by atoms with van der Waals surface area (Å²) in [6.07, 6.45) is 3.47. The average Bonchev–Trinajstić information content (AvgIpc) is 2.67. The molecule has 1 aliphatic heterocycles. The van der Waals surface area contributed by atoms with Gasteiger partial charge in [0.25, 0.3) is 0 Å². The summed E-state index contributed by atoms with van der Waals surface area (Å²) in [4.78, 5) is 14.4. The molecule has 0 aromatic carbocycles. The van der Waals surface area contributed by atoms with Crippen molar-refractivity contribution in [3.05, 3.63) is 0 Å². The molecule has 1 saturated heterocycles. The maximum atomic E-state index is 12.3. The van der Waals surface area contributed by atoms with Crippen molar-refractivity contribution >= 4 is 28.5 Å². The number of nitrogens with zero attached hydrogens (tertiary/aromatic N) is 1. The SMILES string of the molecule is CCC1C[C@@H](C)N(C(=O)C(I)C(C)CC)C1. The van der Waals surface area contributed by atoms with Gasteiger partial charge in [0, 0.05) is 12.6 Å². The molecule has 0 N–H and O–H groups in total. The number of rotatable bonds is 4. The fourth-order valence-electron chi connectivity index (χ4n) is 2.35. The Bertz CT molecular complexity index is 244. The van der Waals surface area contributed by atoms with Crippen molar-refractivity contribution in [2.75, 3.05) is 6.54 Å². The summed E-state index contributed by atoms with van der Waals surface area (Å²) in [5.74, 6) is 1.57. The monoisotopic (exact) mass is 337 g/mol. The molecule has 1 amide bonds. The third-order valence-electron chi connectivity index (χ3n) is 3.90.